The van der Waals surface area contributed by atoms with Gasteiger partial charge in [0.25, 0.3) is 0 Å². The predicted molar refractivity (Wildman–Crippen MR) is 72.9 cm³/mol. The Labute approximate surface area is 102 Å². The first-order valence-electron chi connectivity index (χ1n) is 5.80. The molecule has 0 saturated heterocycles. The highest BCUT2D eigenvalue weighted by Gasteiger charge is 1.97. The number of aromatic nitrogens is 1. The molecule has 1 aromatic carbocycles. The van der Waals surface area contributed by atoms with Crippen molar-refractivity contribution in [3.8, 4) is 0 Å². The van der Waals surface area contributed by atoms with Crippen LogP contribution in [0.15, 0.2) is 42.7 Å². The molecule has 2 N–H and O–H groups in total. The monoisotopic (exact) mass is 227 g/mol. The number of anilines is 3. The van der Waals surface area contributed by atoms with Crippen LogP contribution in [-0.4, -0.2) is 11.5 Å². The third-order valence-corrected chi connectivity index (χ3v) is 2.46. The SMILES string of the molecule is CCNc1cncc(Nc2ccc(C)cc2)c1. The maximum absolute atomic E-state index is 4.19. The number of rotatable bonds is 4. The van der Waals surface area contributed by atoms with Gasteiger partial charge < -0.3 is 10.6 Å². The maximum atomic E-state index is 4.19. The fourth-order valence-corrected chi connectivity index (χ4v) is 1.61. The average molecular weight is 227 g/mol. The summed E-state index contributed by atoms with van der Waals surface area (Å²) in [6.45, 7) is 5.05. The minimum absolute atomic E-state index is 0.898. The largest absolute Gasteiger partial charge is 0.384 e. The van der Waals surface area contributed by atoms with Crippen LogP contribution in [0.3, 0.4) is 0 Å². The highest BCUT2D eigenvalue weighted by molar-refractivity contribution is 5.63. The summed E-state index contributed by atoms with van der Waals surface area (Å²) in [6, 6.07) is 10.4. The average Bonchev–Trinajstić information content (AvgIpc) is 2.33. The third kappa shape index (κ3) is 3.21. The molecule has 1 heterocycles. The Morgan fingerprint density at radius 3 is 2.41 bits per heavy atom. The van der Waals surface area contributed by atoms with E-state index in [0.717, 1.165) is 23.6 Å². The predicted octanol–water partition coefficient (Wildman–Crippen LogP) is 3.57. The number of pyridine rings is 1. The zero-order valence-corrected chi connectivity index (χ0v) is 10.2. The molecule has 0 aliphatic carbocycles. The molecular formula is C14H17N3. The minimum atomic E-state index is 0.898. The lowest BCUT2D eigenvalue weighted by Gasteiger charge is -2.08. The van der Waals surface area contributed by atoms with Crippen LogP contribution in [-0.2, 0) is 0 Å². The molecule has 0 unspecified atom stereocenters. The van der Waals surface area contributed by atoms with Crippen molar-refractivity contribution in [3.63, 3.8) is 0 Å². The highest BCUT2D eigenvalue weighted by atomic mass is 14.9. The Morgan fingerprint density at radius 1 is 1.00 bits per heavy atom. The highest BCUT2D eigenvalue weighted by Crippen LogP contribution is 2.18. The third-order valence-electron chi connectivity index (χ3n) is 2.46. The normalized spacial score (nSPS) is 10.0. The second-order valence-electron chi connectivity index (χ2n) is 3.98. The van der Waals surface area contributed by atoms with E-state index in [4.69, 9.17) is 0 Å². The molecule has 0 saturated carbocycles. The second kappa shape index (κ2) is 5.34. The van der Waals surface area contributed by atoms with Gasteiger partial charge in [-0.05, 0) is 32.0 Å². The zero-order valence-electron chi connectivity index (χ0n) is 10.2. The Bertz CT molecular complexity index is 477. The summed E-state index contributed by atoms with van der Waals surface area (Å²) in [7, 11) is 0. The van der Waals surface area contributed by atoms with Gasteiger partial charge in [0, 0.05) is 12.2 Å². The first-order valence-corrected chi connectivity index (χ1v) is 5.80. The quantitative estimate of drug-likeness (QED) is 0.838. The van der Waals surface area contributed by atoms with E-state index in [9.17, 15) is 0 Å². The number of hydrogen-bond donors (Lipinski definition) is 2. The van der Waals surface area contributed by atoms with E-state index in [1.165, 1.54) is 5.56 Å². The van der Waals surface area contributed by atoms with Crippen LogP contribution in [0.25, 0.3) is 0 Å². The number of hydrogen-bond acceptors (Lipinski definition) is 3. The zero-order chi connectivity index (χ0) is 12.1. The molecule has 0 atom stereocenters. The van der Waals surface area contributed by atoms with Gasteiger partial charge in [-0.15, -0.1) is 0 Å². The van der Waals surface area contributed by atoms with Gasteiger partial charge in [-0.1, -0.05) is 17.7 Å². The van der Waals surface area contributed by atoms with Gasteiger partial charge >= 0.3 is 0 Å². The first-order chi connectivity index (χ1) is 8.28. The molecule has 3 heteroatoms. The summed E-state index contributed by atoms with van der Waals surface area (Å²) < 4.78 is 0. The molecular weight excluding hydrogens is 210 g/mol. The van der Waals surface area contributed by atoms with Crippen molar-refractivity contribution in [2.45, 2.75) is 13.8 Å². The van der Waals surface area contributed by atoms with Crippen molar-refractivity contribution >= 4 is 17.1 Å². The van der Waals surface area contributed by atoms with Crippen molar-refractivity contribution in [1.82, 2.24) is 4.98 Å². The minimum Gasteiger partial charge on any atom is -0.384 e. The Hall–Kier alpha value is -2.03. The van der Waals surface area contributed by atoms with Crippen LogP contribution in [0.2, 0.25) is 0 Å². The lowest BCUT2D eigenvalue weighted by Crippen LogP contribution is -1.98. The van der Waals surface area contributed by atoms with E-state index in [2.05, 4.69) is 59.8 Å². The van der Waals surface area contributed by atoms with Crippen LogP contribution in [0, 0.1) is 6.92 Å². The number of nitrogens with zero attached hydrogens (tertiary/aromatic N) is 1. The smallest absolute Gasteiger partial charge is 0.0591 e. The van der Waals surface area contributed by atoms with Crippen molar-refractivity contribution in [2.24, 2.45) is 0 Å². The van der Waals surface area contributed by atoms with Gasteiger partial charge in [0.1, 0.15) is 0 Å². The van der Waals surface area contributed by atoms with Crippen molar-refractivity contribution < 1.29 is 0 Å². The summed E-state index contributed by atoms with van der Waals surface area (Å²) in [5.74, 6) is 0. The summed E-state index contributed by atoms with van der Waals surface area (Å²) in [5.41, 5.74) is 4.36. The number of aryl methyl sites for hydroxylation is 1. The molecule has 1 aromatic heterocycles. The molecule has 0 fully saturated rings. The fraction of sp³-hybridized carbons (Fsp3) is 0.214. The summed E-state index contributed by atoms with van der Waals surface area (Å²) in [4.78, 5) is 4.19. The van der Waals surface area contributed by atoms with Crippen LogP contribution in [0.1, 0.15) is 12.5 Å². The molecule has 2 rings (SSSR count). The molecule has 0 radical (unpaired) electrons. The summed E-state index contributed by atoms with van der Waals surface area (Å²) in [6.07, 6.45) is 3.64. The van der Waals surface area contributed by atoms with Crippen LogP contribution < -0.4 is 10.6 Å². The second-order valence-corrected chi connectivity index (χ2v) is 3.98. The van der Waals surface area contributed by atoms with Crippen LogP contribution in [0.5, 0.6) is 0 Å². The number of nitrogens with one attached hydrogen (secondary N) is 2. The summed E-state index contributed by atoms with van der Waals surface area (Å²) >= 11 is 0. The molecule has 0 bridgehead atoms. The number of benzene rings is 1. The van der Waals surface area contributed by atoms with Crippen molar-refractivity contribution in [1.29, 1.82) is 0 Å². The maximum Gasteiger partial charge on any atom is 0.0591 e. The van der Waals surface area contributed by atoms with Gasteiger partial charge in [-0.2, -0.15) is 0 Å². The van der Waals surface area contributed by atoms with Gasteiger partial charge in [-0.25, -0.2) is 0 Å². The van der Waals surface area contributed by atoms with E-state index in [1.54, 1.807) is 0 Å². The lowest BCUT2D eigenvalue weighted by atomic mass is 10.2. The van der Waals surface area contributed by atoms with Gasteiger partial charge in [0.15, 0.2) is 0 Å². The standard InChI is InChI=1S/C14H17N3/c1-3-16-13-8-14(10-15-9-13)17-12-6-4-11(2)5-7-12/h4-10,16-17H,3H2,1-2H3. The lowest BCUT2D eigenvalue weighted by molar-refractivity contribution is 1.19. The van der Waals surface area contributed by atoms with Crippen LogP contribution in [0.4, 0.5) is 17.1 Å². The van der Waals surface area contributed by atoms with Crippen LogP contribution >= 0.6 is 0 Å². The van der Waals surface area contributed by atoms with Gasteiger partial charge in [0.2, 0.25) is 0 Å². The van der Waals surface area contributed by atoms with E-state index in [0.29, 0.717) is 0 Å². The van der Waals surface area contributed by atoms with E-state index in [1.807, 2.05) is 12.4 Å². The molecule has 17 heavy (non-hydrogen) atoms. The molecule has 0 spiro atoms. The van der Waals surface area contributed by atoms with Crippen molar-refractivity contribution in [2.75, 3.05) is 17.2 Å². The Morgan fingerprint density at radius 2 is 1.71 bits per heavy atom. The Balaban J connectivity index is 2.12. The van der Waals surface area contributed by atoms with E-state index >= 15 is 0 Å². The van der Waals surface area contributed by atoms with E-state index < -0.39 is 0 Å². The molecule has 0 aliphatic heterocycles. The fourth-order valence-electron chi connectivity index (χ4n) is 1.61. The molecule has 0 aliphatic rings. The molecule has 0 amide bonds. The van der Waals surface area contributed by atoms with Crippen molar-refractivity contribution in [3.05, 3.63) is 48.3 Å². The van der Waals surface area contributed by atoms with E-state index in [-0.39, 0.29) is 0 Å². The van der Waals surface area contributed by atoms with Gasteiger partial charge in [0.05, 0.1) is 23.8 Å². The topological polar surface area (TPSA) is 37.0 Å². The summed E-state index contributed by atoms with van der Waals surface area (Å²) in [5, 5.41) is 6.57. The first kappa shape index (κ1) is 11.5. The molecule has 3 nitrogen and oxygen atoms in total. The molecule has 88 valence electrons. The van der Waals surface area contributed by atoms with Gasteiger partial charge in [-0.3, -0.25) is 4.98 Å². The Kier molecular flexibility index (Phi) is 3.60. The molecule has 2 aromatic rings.